The second-order valence-corrected chi connectivity index (χ2v) is 6.23. The van der Waals surface area contributed by atoms with E-state index in [1.807, 2.05) is 73.7 Å². The average molecular weight is 369 g/mol. The molecule has 0 spiro atoms. The van der Waals surface area contributed by atoms with E-state index < -0.39 is 0 Å². The van der Waals surface area contributed by atoms with E-state index in [2.05, 4.69) is 10.3 Å². The third kappa shape index (κ3) is 3.69. The minimum atomic E-state index is -0.187. The van der Waals surface area contributed by atoms with Crippen LogP contribution in [0.4, 0.5) is 5.69 Å². The summed E-state index contributed by atoms with van der Waals surface area (Å²) in [5, 5.41) is 3.76. The largest absolute Gasteiger partial charge is 0.494 e. The first-order valence-corrected chi connectivity index (χ1v) is 9.09. The van der Waals surface area contributed by atoms with Crippen molar-refractivity contribution in [3.05, 3.63) is 84.7 Å². The third-order valence-electron chi connectivity index (χ3n) is 4.34. The lowest BCUT2D eigenvalue weighted by Gasteiger charge is -2.11. The van der Waals surface area contributed by atoms with Crippen molar-refractivity contribution in [2.24, 2.45) is 0 Å². The SMILES string of the molecule is CCOc1ccc(NC(=O)c2cc(-c3cccnc3)nc3ccccc23)cc1. The number of carbonyl (C=O) groups is 1. The number of para-hydroxylation sites is 1. The van der Waals surface area contributed by atoms with Crippen LogP contribution < -0.4 is 10.1 Å². The fourth-order valence-corrected chi connectivity index (χ4v) is 3.03. The van der Waals surface area contributed by atoms with Crippen molar-refractivity contribution in [1.29, 1.82) is 0 Å². The minimum Gasteiger partial charge on any atom is -0.494 e. The van der Waals surface area contributed by atoms with Crippen LogP contribution in [-0.2, 0) is 0 Å². The maximum atomic E-state index is 13.0. The number of hydrogen-bond acceptors (Lipinski definition) is 4. The molecule has 4 aromatic rings. The van der Waals surface area contributed by atoms with E-state index in [-0.39, 0.29) is 5.91 Å². The van der Waals surface area contributed by atoms with Crippen LogP contribution in [0.5, 0.6) is 5.75 Å². The van der Waals surface area contributed by atoms with Gasteiger partial charge >= 0.3 is 0 Å². The number of ether oxygens (including phenoxy) is 1. The number of pyridine rings is 2. The summed E-state index contributed by atoms with van der Waals surface area (Å²) < 4.78 is 5.45. The van der Waals surface area contributed by atoms with E-state index in [9.17, 15) is 4.79 Å². The summed E-state index contributed by atoms with van der Waals surface area (Å²) in [6.07, 6.45) is 3.45. The highest BCUT2D eigenvalue weighted by atomic mass is 16.5. The van der Waals surface area contributed by atoms with Gasteiger partial charge in [0.2, 0.25) is 0 Å². The van der Waals surface area contributed by atoms with Crippen LogP contribution in [0, 0.1) is 0 Å². The van der Waals surface area contributed by atoms with Crippen LogP contribution in [0.1, 0.15) is 17.3 Å². The monoisotopic (exact) mass is 369 g/mol. The molecule has 0 aliphatic heterocycles. The molecule has 0 saturated carbocycles. The second-order valence-electron chi connectivity index (χ2n) is 6.23. The molecule has 0 fully saturated rings. The molecule has 0 aliphatic rings. The topological polar surface area (TPSA) is 64.1 Å². The van der Waals surface area contributed by atoms with Crippen LogP contribution in [-0.4, -0.2) is 22.5 Å². The predicted octanol–water partition coefficient (Wildman–Crippen LogP) is 4.95. The van der Waals surface area contributed by atoms with Crippen LogP contribution >= 0.6 is 0 Å². The molecule has 0 bridgehead atoms. The highest BCUT2D eigenvalue weighted by Gasteiger charge is 2.14. The Morgan fingerprint density at radius 1 is 1.04 bits per heavy atom. The molecule has 0 atom stereocenters. The van der Waals surface area contributed by atoms with E-state index in [1.54, 1.807) is 12.4 Å². The van der Waals surface area contributed by atoms with Gasteiger partial charge in [-0.15, -0.1) is 0 Å². The molecule has 2 aromatic carbocycles. The molecule has 0 aliphatic carbocycles. The Bertz CT molecular complexity index is 1110. The summed E-state index contributed by atoms with van der Waals surface area (Å²) in [6.45, 7) is 2.54. The van der Waals surface area contributed by atoms with Crippen molar-refractivity contribution in [3.63, 3.8) is 0 Å². The number of hydrogen-bond donors (Lipinski definition) is 1. The Labute approximate surface area is 163 Å². The molecule has 0 unspecified atom stereocenters. The van der Waals surface area contributed by atoms with Crippen molar-refractivity contribution in [2.75, 3.05) is 11.9 Å². The molecule has 138 valence electrons. The fraction of sp³-hybridized carbons (Fsp3) is 0.0870. The van der Waals surface area contributed by atoms with Crippen molar-refractivity contribution >= 4 is 22.5 Å². The molecule has 2 aromatic heterocycles. The van der Waals surface area contributed by atoms with Gasteiger partial charge in [0.1, 0.15) is 5.75 Å². The van der Waals surface area contributed by atoms with Gasteiger partial charge in [-0.25, -0.2) is 4.98 Å². The summed E-state index contributed by atoms with van der Waals surface area (Å²) in [7, 11) is 0. The number of aromatic nitrogens is 2. The molecule has 5 nitrogen and oxygen atoms in total. The zero-order valence-corrected chi connectivity index (χ0v) is 15.4. The summed E-state index contributed by atoms with van der Waals surface area (Å²) in [4.78, 5) is 21.9. The summed E-state index contributed by atoms with van der Waals surface area (Å²) in [5.74, 6) is 0.585. The zero-order chi connectivity index (χ0) is 19.3. The number of benzene rings is 2. The van der Waals surface area contributed by atoms with Crippen LogP contribution in [0.2, 0.25) is 0 Å². The van der Waals surface area contributed by atoms with Crippen LogP contribution in [0.15, 0.2) is 79.1 Å². The van der Waals surface area contributed by atoms with Gasteiger partial charge in [0.15, 0.2) is 0 Å². The van der Waals surface area contributed by atoms with Crippen molar-refractivity contribution < 1.29 is 9.53 Å². The van der Waals surface area contributed by atoms with Crippen molar-refractivity contribution in [1.82, 2.24) is 9.97 Å². The quantitative estimate of drug-likeness (QED) is 0.541. The van der Waals surface area contributed by atoms with Gasteiger partial charge in [-0.1, -0.05) is 18.2 Å². The molecular formula is C23H19N3O2. The van der Waals surface area contributed by atoms with E-state index in [1.165, 1.54) is 0 Å². The first-order valence-electron chi connectivity index (χ1n) is 9.09. The first kappa shape index (κ1) is 17.7. The van der Waals surface area contributed by atoms with Gasteiger partial charge in [-0.3, -0.25) is 9.78 Å². The highest BCUT2D eigenvalue weighted by Crippen LogP contribution is 2.25. The highest BCUT2D eigenvalue weighted by molar-refractivity contribution is 6.13. The number of nitrogens with zero attached hydrogens (tertiary/aromatic N) is 2. The van der Waals surface area contributed by atoms with E-state index >= 15 is 0 Å². The molecule has 5 heteroatoms. The Balaban J connectivity index is 1.71. The van der Waals surface area contributed by atoms with Gasteiger partial charge in [0.05, 0.1) is 23.4 Å². The Morgan fingerprint density at radius 2 is 1.86 bits per heavy atom. The lowest BCUT2D eigenvalue weighted by molar-refractivity contribution is 0.102. The number of fused-ring (bicyclic) bond motifs is 1. The van der Waals surface area contributed by atoms with Crippen molar-refractivity contribution in [2.45, 2.75) is 6.92 Å². The Hall–Kier alpha value is -3.73. The smallest absolute Gasteiger partial charge is 0.256 e. The average Bonchev–Trinajstić information content (AvgIpc) is 2.75. The number of anilines is 1. The third-order valence-corrected chi connectivity index (χ3v) is 4.34. The van der Waals surface area contributed by atoms with Gasteiger partial charge in [-0.2, -0.15) is 0 Å². The molecular weight excluding hydrogens is 350 g/mol. The molecule has 0 saturated heterocycles. The summed E-state index contributed by atoms with van der Waals surface area (Å²) in [6, 6.07) is 20.6. The zero-order valence-electron chi connectivity index (χ0n) is 15.4. The van der Waals surface area contributed by atoms with E-state index in [0.29, 0.717) is 23.6 Å². The molecule has 2 heterocycles. The maximum Gasteiger partial charge on any atom is 0.256 e. The normalized spacial score (nSPS) is 10.6. The lowest BCUT2D eigenvalue weighted by atomic mass is 10.0. The van der Waals surface area contributed by atoms with Gasteiger partial charge in [0, 0.05) is 29.0 Å². The molecule has 1 amide bonds. The van der Waals surface area contributed by atoms with Crippen molar-refractivity contribution in [3.8, 4) is 17.0 Å². The minimum absolute atomic E-state index is 0.187. The van der Waals surface area contributed by atoms with Crippen LogP contribution in [0.25, 0.3) is 22.2 Å². The number of carbonyl (C=O) groups excluding carboxylic acids is 1. The van der Waals surface area contributed by atoms with Gasteiger partial charge < -0.3 is 10.1 Å². The summed E-state index contributed by atoms with van der Waals surface area (Å²) in [5.41, 5.74) is 3.61. The predicted molar refractivity (Wildman–Crippen MR) is 111 cm³/mol. The van der Waals surface area contributed by atoms with Gasteiger partial charge in [-0.05, 0) is 55.5 Å². The molecule has 1 N–H and O–H groups in total. The number of rotatable bonds is 5. The van der Waals surface area contributed by atoms with E-state index in [0.717, 1.165) is 22.2 Å². The maximum absolute atomic E-state index is 13.0. The van der Waals surface area contributed by atoms with Crippen LogP contribution in [0.3, 0.4) is 0 Å². The molecule has 4 rings (SSSR count). The van der Waals surface area contributed by atoms with E-state index in [4.69, 9.17) is 9.72 Å². The Kier molecular flexibility index (Phi) is 4.97. The standard InChI is InChI=1S/C23H19N3O2/c1-2-28-18-11-9-17(10-12-18)25-23(27)20-14-22(16-6-5-13-24-15-16)26-21-8-4-3-7-19(20)21/h3-15H,2H2,1H3,(H,25,27). The number of nitrogens with one attached hydrogen (secondary N) is 1. The first-order chi connectivity index (χ1) is 13.7. The summed E-state index contributed by atoms with van der Waals surface area (Å²) >= 11 is 0. The van der Waals surface area contributed by atoms with Gasteiger partial charge in [0.25, 0.3) is 5.91 Å². The second kappa shape index (κ2) is 7.88. The number of amides is 1. The fourth-order valence-electron chi connectivity index (χ4n) is 3.03. The molecule has 28 heavy (non-hydrogen) atoms. The molecule has 0 radical (unpaired) electrons. The lowest BCUT2D eigenvalue weighted by Crippen LogP contribution is -2.13. The Morgan fingerprint density at radius 3 is 2.61 bits per heavy atom.